The maximum atomic E-state index is 2.56. The molecule has 1 fully saturated rings. The van der Waals surface area contributed by atoms with Crippen LogP contribution < -0.4 is 4.90 Å². The highest BCUT2D eigenvalue weighted by Gasteiger charge is 2.23. The molecule has 4 rings (SSSR count). The Balaban J connectivity index is 1.82. The Morgan fingerprint density at radius 2 is 1.59 bits per heavy atom. The molecule has 0 spiro atoms. The standard InChI is InChI=1S/C19H20N2S/c1-20-10-12-21(13-11-20)17-14-15-6-2-4-8-18(15)22-19-9-5-3-7-16(17)19/h2-9,14H,10-13H2,1H3/p+1. The van der Waals surface area contributed by atoms with Crippen LogP contribution in [0.1, 0.15) is 11.1 Å². The van der Waals surface area contributed by atoms with Crippen LogP contribution in [0.15, 0.2) is 58.3 Å². The first-order valence-electron chi connectivity index (χ1n) is 7.95. The van der Waals surface area contributed by atoms with Crippen LogP contribution in [0.4, 0.5) is 0 Å². The first-order valence-corrected chi connectivity index (χ1v) is 8.77. The van der Waals surface area contributed by atoms with E-state index in [1.807, 2.05) is 11.8 Å². The fourth-order valence-electron chi connectivity index (χ4n) is 3.19. The summed E-state index contributed by atoms with van der Waals surface area (Å²) >= 11 is 1.89. The highest BCUT2D eigenvalue weighted by atomic mass is 32.2. The Morgan fingerprint density at radius 1 is 0.909 bits per heavy atom. The smallest absolute Gasteiger partial charge is 0.0947 e. The highest BCUT2D eigenvalue weighted by molar-refractivity contribution is 7.99. The van der Waals surface area contributed by atoms with Crippen LogP contribution in [0.25, 0.3) is 11.8 Å². The summed E-state index contributed by atoms with van der Waals surface area (Å²) in [6.45, 7) is 4.71. The van der Waals surface area contributed by atoms with Crippen LogP contribution in [0.2, 0.25) is 0 Å². The zero-order valence-electron chi connectivity index (χ0n) is 12.9. The number of likely N-dealkylation sites (N-methyl/N-ethyl adjacent to an activating group) is 1. The van der Waals surface area contributed by atoms with E-state index in [1.165, 1.54) is 39.7 Å². The van der Waals surface area contributed by atoms with Gasteiger partial charge in [0.25, 0.3) is 0 Å². The summed E-state index contributed by atoms with van der Waals surface area (Å²) in [7, 11) is 2.29. The minimum absolute atomic E-state index is 1.14. The zero-order chi connectivity index (χ0) is 14.9. The summed E-state index contributed by atoms with van der Waals surface area (Å²) in [4.78, 5) is 6.91. The molecule has 0 radical (unpaired) electrons. The molecule has 1 N–H and O–H groups in total. The van der Waals surface area contributed by atoms with Gasteiger partial charge in [-0.1, -0.05) is 48.2 Å². The van der Waals surface area contributed by atoms with Gasteiger partial charge in [-0.2, -0.15) is 0 Å². The lowest BCUT2D eigenvalue weighted by Crippen LogP contribution is -3.11. The number of fused-ring (bicyclic) bond motifs is 2. The van der Waals surface area contributed by atoms with Crippen molar-refractivity contribution in [3.05, 3.63) is 59.7 Å². The molecule has 0 amide bonds. The number of hydrogen-bond acceptors (Lipinski definition) is 2. The second kappa shape index (κ2) is 5.82. The average molecular weight is 309 g/mol. The van der Waals surface area contributed by atoms with Gasteiger partial charge < -0.3 is 9.80 Å². The van der Waals surface area contributed by atoms with E-state index in [1.54, 1.807) is 4.90 Å². The van der Waals surface area contributed by atoms with E-state index in [2.05, 4.69) is 66.6 Å². The third-order valence-corrected chi connectivity index (χ3v) is 5.72. The second-order valence-corrected chi connectivity index (χ2v) is 7.19. The molecule has 2 aromatic carbocycles. The van der Waals surface area contributed by atoms with E-state index in [9.17, 15) is 0 Å². The van der Waals surface area contributed by atoms with Crippen molar-refractivity contribution in [2.45, 2.75) is 9.79 Å². The lowest BCUT2D eigenvalue weighted by molar-refractivity contribution is -0.883. The van der Waals surface area contributed by atoms with Crippen LogP contribution >= 0.6 is 11.8 Å². The number of quaternary nitrogens is 1. The molecule has 2 aromatic rings. The van der Waals surface area contributed by atoms with Crippen molar-refractivity contribution in [1.29, 1.82) is 0 Å². The monoisotopic (exact) mass is 309 g/mol. The van der Waals surface area contributed by atoms with Gasteiger partial charge in [0.1, 0.15) is 0 Å². The summed E-state index contributed by atoms with van der Waals surface area (Å²) in [6, 6.07) is 17.5. The Labute approximate surface area is 136 Å². The fourth-order valence-corrected chi connectivity index (χ4v) is 4.25. The summed E-state index contributed by atoms with van der Waals surface area (Å²) in [5, 5.41) is 0. The van der Waals surface area contributed by atoms with Gasteiger partial charge in [-0.25, -0.2) is 0 Å². The van der Waals surface area contributed by atoms with Gasteiger partial charge in [0.05, 0.1) is 33.2 Å². The quantitative estimate of drug-likeness (QED) is 0.865. The van der Waals surface area contributed by atoms with Crippen LogP contribution in [-0.4, -0.2) is 38.1 Å². The van der Waals surface area contributed by atoms with Crippen LogP contribution in [-0.2, 0) is 0 Å². The number of rotatable bonds is 1. The van der Waals surface area contributed by atoms with Crippen LogP contribution in [0.5, 0.6) is 0 Å². The van der Waals surface area contributed by atoms with Crippen molar-refractivity contribution < 1.29 is 4.90 Å². The van der Waals surface area contributed by atoms with E-state index in [0.29, 0.717) is 0 Å². The molecule has 0 aromatic heterocycles. The van der Waals surface area contributed by atoms with Gasteiger partial charge in [0, 0.05) is 21.1 Å². The summed E-state index contributed by atoms with van der Waals surface area (Å²) in [5.74, 6) is 0. The molecule has 2 aliphatic heterocycles. The topological polar surface area (TPSA) is 7.68 Å². The van der Waals surface area contributed by atoms with Gasteiger partial charge >= 0.3 is 0 Å². The summed E-state index contributed by atoms with van der Waals surface area (Å²) in [5.41, 5.74) is 4.11. The fraction of sp³-hybridized carbons (Fsp3) is 0.263. The lowest BCUT2D eigenvalue weighted by atomic mass is 10.1. The molecule has 22 heavy (non-hydrogen) atoms. The van der Waals surface area contributed by atoms with E-state index in [4.69, 9.17) is 0 Å². The number of benzene rings is 2. The maximum Gasteiger partial charge on any atom is 0.0947 e. The van der Waals surface area contributed by atoms with Crippen molar-refractivity contribution in [2.75, 3.05) is 33.2 Å². The zero-order valence-corrected chi connectivity index (χ0v) is 13.7. The second-order valence-electron chi connectivity index (χ2n) is 6.11. The van der Waals surface area contributed by atoms with E-state index < -0.39 is 0 Å². The van der Waals surface area contributed by atoms with Gasteiger partial charge in [-0.3, -0.25) is 0 Å². The molecule has 0 atom stereocenters. The third-order valence-electron chi connectivity index (χ3n) is 4.55. The van der Waals surface area contributed by atoms with Crippen molar-refractivity contribution in [2.24, 2.45) is 0 Å². The number of piperazine rings is 1. The summed E-state index contributed by atoms with van der Waals surface area (Å²) < 4.78 is 0. The minimum atomic E-state index is 1.14. The third kappa shape index (κ3) is 2.55. The minimum Gasteiger partial charge on any atom is -0.360 e. The van der Waals surface area contributed by atoms with Gasteiger partial charge in [0.2, 0.25) is 0 Å². The SMILES string of the molecule is C[NH+]1CCN(C2=Cc3ccccc3Sc3ccccc32)CC1. The van der Waals surface area contributed by atoms with Crippen molar-refractivity contribution in [3.8, 4) is 0 Å². The molecule has 1 saturated heterocycles. The molecular weight excluding hydrogens is 288 g/mol. The first kappa shape index (κ1) is 13.9. The molecule has 2 heterocycles. The van der Waals surface area contributed by atoms with Gasteiger partial charge in [-0.15, -0.1) is 0 Å². The van der Waals surface area contributed by atoms with Crippen molar-refractivity contribution >= 4 is 23.5 Å². The van der Waals surface area contributed by atoms with Crippen molar-refractivity contribution in [3.63, 3.8) is 0 Å². The van der Waals surface area contributed by atoms with Gasteiger partial charge in [0.15, 0.2) is 0 Å². The van der Waals surface area contributed by atoms with Crippen LogP contribution in [0.3, 0.4) is 0 Å². The predicted molar refractivity (Wildman–Crippen MR) is 93.1 cm³/mol. The Bertz CT molecular complexity index is 715. The number of hydrogen-bond donors (Lipinski definition) is 1. The molecule has 3 heteroatoms. The number of nitrogens with one attached hydrogen (secondary N) is 1. The lowest BCUT2D eigenvalue weighted by Gasteiger charge is -2.33. The Hall–Kier alpha value is -1.71. The van der Waals surface area contributed by atoms with E-state index >= 15 is 0 Å². The molecular formula is C19H21N2S+. The van der Waals surface area contributed by atoms with Gasteiger partial charge in [-0.05, 0) is 23.8 Å². The maximum absolute atomic E-state index is 2.56. The van der Waals surface area contributed by atoms with Crippen molar-refractivity contribution in [1.82, 2.24) is 4.90 Å². The normalized spacial score (nSPS) is 18.2. The molecule has 112 valence electrons. The Kier molecular flexibility index (Phi) is 3.68. The molecule has 0 aliphatic carbocycles. The average Bonchev–Trinajstić information content (AvgIpc) is 2.72. The first-order chi connectivity index (χ1) is 10.8. The molecule has 2 nitrogen and oxygen atoms in total. The van der Waals surface area contributed by atoms with E-state index in [0.717, 1.165) is 13.1 Å². The largest absolute Gasteiger partial charge is 0.360 e. The molecule has 0 saturated carbocycles. The van der Waals surface area contributed by atoms with Crippen LogP contribution in [0, 0.1) is 0 Å². The Morgan fingerprint density at radius 3 is 2.41 bits per heavy atom. The molecule has 0 unspecified atom stereocenters. The predicted octanol–water partition coefficient (Wildman–Crippen LogP) is 2.48. The van der Waals surface area contributed by atoms with E-state index in [-0.39, 0.29) is 0 Å². The molecule has 2 aliphatic rings. The summed E-state index contributed by atoms with van der Waals surface area (Å²) in [6.07, 6.45) is 2.38. The highest BCUT2D eigenvalue weighted by Crippen LogP contribution is 2.41. The molecule has 0 bridgehead atoms. The number of nitrogens with zero attached hydrogens (tertiary/aromatic N) is 1.